The first-order chi connectivity index (χ1) is 30.3. The molecule has 9 nitrogen and oxygen atoms in total. The van der Waals surface area contributed by atoms with Gasteiger partial charge in [0.2, 0.25) is 0 Å². The van der Waals surface area contributed by atoms with E-state index in [0.29, 0.717) is 57.0 Å². The molecule has 0 aliphatic heterocycles. The van der Waals surface area contributed by atoms with Crippen molar-refractivity contribution >= 4 is 17.9 Å². The molecular weight excluding hydrogens is 781 g/mol. The van der Waals surface area contributed by atoms with Gasteiger partial charge in [0, 0.05) is 32.5 Å². The van der Waals surface area contributed by atoms with Crippen molar-refractivity contribution in [1.29, 1.82) is 0 Å². The lowest BCUT2D eigenvalue weighted by Crippen LogP contribution is -2.21. The summed E-state index contributed by atoms with van der Waals surface area (Å²) in [5.74, 6) is -0.252. The molecule has 0 amide bonds. The van der Waals surface area contributed by atoms with Crippen molar-refractivity contribution in [3.05, 3.63) is 34.9 Å². The summed E-state index contributed by atoms with van der Waals surface area (Å²) in [7, 11) is 0. The first-order valence-electron chi connectivity index (χ1n) is 25.8. The number of hydrogen-bond donors (Lipinski definition) is 1. The quantitative estimate of drug-likeness (QED) is 0.0296. The predicted molar refractivity (Wildman–Crippen MR) is 253 cm³/mol. The monoisotopic (exact) mass is 875 g/mol. The number of benzene rings is 1. The van der Waals surface area contributed by atoms with Gasteiger partial charge >= 0.3 is 17.9 Å². The molecule has 0 radical (unpaired) electrons. The second kappa shape index (κ2) is 42.5. The van der Waals surface area contributed by atoms with Crippen LogP contribution < -0.4 is 0 Å². The maximum atomic E-state index is 12.8. The Hall–Kier alpha value is -2.49. The second-order valence-electron chi connectivity index (χ2n) is 17.8. The average molecular weight is 875 g/mol. The third kappa shape index (κ3) is 34.9. The fourth-order valence-electron chi connectivity index (χ4n) is 7.77. The molecule has 0 aliphatic rings. The minimum atomic E-state index is -0.427. The summed E-state index contributed by atoms with van der Waals surface area (Å²) >= 11 is 0. The number of ether oxygens (including phenoxy) is 5. The zero-order valence-corrected chi connectivity index (χ0v) is 40.5. The Kier molecular flexibility index (Phi) is 39.4. The number of esters is 3. The van der Waals surface area contributed by atoms with Crippen molar-refractivity contribution in [2.45, 2.75) is 259 Å². The lowest BCUT2D eigenvalue weighted by Gasteiger charge is -2.19. The highest BCUT2D eigenvalue weighted by atomic mass is 16.7. The standard InChI is InChI=1S/C53H94O9/c1-5-9-13-17-20-26-32-46(31-25-16-12-8-4)43-60-50(55)33-27-21-22-28-34-51(56)61-44-48-39-47(42-54)40-49(41-48)45-62-52(57)35-36-53(58-37-29-23-18-14-10-6-2)59-38-30-24-19-15-11-7-3/h39-41,46,53-54H,5-38,42-45H2,1-4H3. The first-order valence-corrected chi connectivity index (χ1v) is 25.8. The third-order valence-electron chi connectivity index (χ3n) is 11.7. The van der Waals surface area contributed by atoms with Crippen LogP contribution >= 0.6 is 0 Å². The molecule has 360 valence electrons. The topological polar surface area (TPSA) is 118 Å². The lowest BCUT2D eigenvalue weighted by atomic mass is 9.95. The van der Waals surface area contributed by atoms with Gasteiger partial charge in [-0.2, -0.15) is 0 Å². The van der Waals surface area contributed by atoms with Gasteiger partial charge in [-0.3, -0.25) is 14.4 Å². The Morgan fingerprint density at radius 3 is 1.27 bits per heavy atom. The van der Waals surface area contributed by atoms with Gasteiger partial charge in [0.1, 0.15) is 13.2 Å². The van der Waals surface area contributed by atoms with E-state index in [1.807, 2.05) is 6.07 Å². The Labute approximate surface area is 379 Å². The predicted octanol–water partition coefficient (Wildman–Crippen LogP) is 14.3. The van der Waals surface area contributed by atoms with E-state index in [9.17, 15) is 19.5 Å². The molecule has 1 N–H and O–H groups in total. The van der Waals surface area contributed by atoms with Crippen molar-refractivity contribution < 1.29 is 43.2 Å². The van der Waals surface area contributed by atoms with Crippen molar-refractivity contribution in [3.63, 3.8) is 0 Å². The first kappa shape index (κ1) is 57.5. The molecule has 0 heterocycles. The van der Waals surface area contributed by atoms with E-state index < -0.39 is 6.29 Å². The van der Waals surface area contributed by atoms with E-state index in [-0.39, 0.29) is 44.1 Å². The van der Waals surface area contributed by atoms with Crippen molar-refractivity contribution in [3.8, 4) is 0 Å². The van der Waals surface area contributed by atoms with Crippen LogP contribution in [0.15, 0.2) is 18.2 Å². The van der Waals surface area contributed by atoms with Crippen LogP contribution in [0, 0.1) is 5.92 Å². The van der Waals surface area contributed by atoms with Crippen LogP contribution in [0.4, 0.5) is 0 Å². The molecule has 1 rings (SSSR count). The fourth-order valence-corrected chi connectivity index (χ4v) is 7.77. The molecule has 0 fully saturated rings. The minimum Gasteiger partial charge on any atom is -0.465 e. The molecule has 1 aromatic carbocycles. The minimum absolute atomic E-state index is 0.0574. The normalized spacial score (nSPS) is 11.9. The number of aliphatic hydroxyl groups is 1. The van der Waals surface area contributed by atoms with Gasteiger partial charge in [-0.15, -0.1) is 0 Å². The summed E-state index contributed by atoms with van der Waals surface area (Å²) in [4.78, 5) is 37.9. The summed E-state index contributed by atoms with van der Waals surface area (Å²) in [6, 6.07) is 5.44. The largest absolute Gasteiger partial charge is 0.465 e. The molecule has 0 saturated heterocycles. The van der Waals surface area contributed by atoms with Gasteiger partial charge in [0.25, 0.3) is 0 Å². The summed E-state index contributed by atoms with van der Waals surface area (Å²) < 4.78 is 29.1. The number of hydrogen-bond acceptors (Lipinski definition) is 9. The molecule has 1 unspecified atom stereocenters. The molecular formula is C53H94O9. The number of carbonyl (C=O) groups excluding carboxylic acids is 3. The molecule has 62 heavy (non-hydrogen) atoms. The molecule has 0 aromatic heterocycles. The zero-order valence-electron chi connectivity index (χ0n) is 40.5. The van der Waals surface area contributed by atoms with E-state index in [1.54, 1.807) is 12.1 Å². The van der Waals surface area contributed by atoms with Crippen molar-refractivity contribution in [2.24, 2.45) is 5.92 Å². The highest BCUT2D eigenvalue weighted by Crippen LogP contribution is 2.21. The number of carbonyl (C=O) groups is 3. The summed E-state index contributed by atoms with van der Waals surface area (Å²) in [6.07, 6.45) is 33.3. The van der Waals surface area contributed by atoms with Crippen molar-refractivity contribution in [2.75, 3.05) is 19.8 Å². The fraction of sp³-hybridized carbons (Fsp3) is 0.830. The maximum absolute atomic E-state index is 12.8. The average Bonchev–Trinajstić information content (AvgIpc) is 3.28. The number of unbranched alkanes of at least 4 members (excludes halogenated alkanes) is 21. The van der Waals surface area contributed by atoms with Gasteiger partial charge in [0.05, 0.1) is 19.6 Å². The van der Waals surface area contributed by atoms with Gasteiger partial charge in [0.15, 0.2) is 6.29 Å². The van der Waals surface area contributed by atoms with Gasteiger partial charge in [-0.1, -0.05) is 181 Å². The molecule has 1 aromatic rings. The van der Waals surface area contributed by atoms with Crippen LogP contribution in [-0.2, 0) is 57.9 Å². The number of aliphatic hydroxyl groups excluding tert-OH is 1. The molecule has 1 atom stereocenters. The third-order valence-corrected chi connectivity index (χ3v) is 11.7. The highest BCUT2D eigenvalue weighted by molar-refractivity contribution is 5.70. The number of rotatable bonds is 45. The van der Waals surface area contributed by atoms with Gasteiger partial charge in [-0.25, -0.2) is 0 Å². The summed E-state index contributed by atoms with van der Waals surface area (Å²) in [5.41, 5.74) is 2.12. The zero-order chi connectivity index (χ0) is 45.1. The lowest BCUT2D eigenvalue weighted by molar-refractivity contribution is -0.160. The molecule has 0 aliphatic carbocycles. The van der Waals surface area contributed by atoms with Crippen LogP contribution in [-0.4, -0.2) is 49.1 Å². The Balaban J connectivity index is 2.41. The van der Waals surface area contributed by atoms with E-state index in [4.69, 9.17) is 23.7 Å². The molecule has 9 heteroatoms. The maximum Gasteiger partial charge on any atom is 0.306 e. The summed E-state index contributed by atoms with van der Waals surface area (Å²) in [6.45, 7) is 10.7. The van der Waals surface area contributed by atoms with E-state index in [1.165, 1.54) is 116 Å². The van der Waals surface area contributed by atoms with Gasteiger partial charge in [-0.05, 0) is 67.2 Å². The van der Waals surface area contributed by atoms with Crippen LogP contribution in [0.2, 0.25) is 0 Å². The van der Waals surface area contributed by atoms with Crippen LogP contribution in [0.25, 0.3) is 0 Å². The Morgan fingerprint density at radius 1 is 0.435 bits per heavy atom. The van der Waals surface area contributed by atoms with Gasteiger partial charge < -0.3 is 28.8 Å². The SMILES string of the molecule is CCCCCCCCOC(CCC(=O)OCc1cc(CO)cc(COC(=O)CCCCCCC(=O)OCC(CCCCCC)CCCCCCCC)c1)OCCCCCCCC. The van der Waals surface area contributed by atoms with E-state index >= 15 is 0 Å². The highest BCUT2D eigenvalue weighted by Gasteiger charge is 2.15. The van der Waals surface area contributed by atoms with E-state index in [0.717, 1.165) is 68.9 Å². The smallest absolute Gasteiger partial charge is 0.306 e. The van der Waals surface area contributed by atoms with E-state index in [2.05, 4.69) is 27.7 Å². The van der Waals surface area contributed by atoms with Crippen LogP contribution in [0.5, 0.6) is 0 Å². The Morgan fingerprint density at radius 2 is 0.806 bits per heavy atom. The van der Waals surface area contributed by atoms with Crippen LogP contribution in [0.3, 0.4) is 0 Å². The van der Waals surface area contributed by atoms with Crippen molar-refractivity contribution in [1.82, 2.24) is 0 Å². The summed E-state index contributed by atoms with van der Waals surface area (Å²) in [5, 5.41) is 9.88. The Bertz CT molecular complexity index is 1190. The molecule has 0 spiro atoms. The van der Waals surface area contributed by atoms with Crippen LogP contribution in [0.1, 0.15) is 250 Å². The molecule has 0 saturated carbocycles. The second-order valence-corrected chi connectivity index (χ2v) is 17.8. The molecule has 0 bridgehead atoms.